The lowest BCUT2D eigenvalue weighted by molar-refractivity contribution is -0.140. The fourth-order valence-electron chi connectivity index (χ4n) is 8.03. The molecule has 0 aromatic rings. The van der Waals surface area contributed by atoms with Crippen molar-refractivity contribution in [3.8, 4) is 0 Å². The van der Waals surface area contributed by atoms with Crippen LogP contribution in [0.25, 0.3) is 0 Å². The first kappa shape index (κ1) is 25.6. The van der Waals surface area contributed by atoms with Gasteiger partial charge in [0, 0.05) is 30.5 Å². The average molecular weight is 489 g/mol. The molecule has 0 radical (unpaired) electrons. The van der Waals surface area contributed by atoms with Crippen LogP contribution in [-0.4, -0.2) is 66.5 Å². The Bertz CT molecular complexity index is 844. The van der Waals surface area contributed by atoms with Gasteiger partial charge in [0.2, 0.25) is 11.8 Å². The van der Waals surface area contributed by atoms with Gasteiger partial charge in [-0.15, -0.1) is 0 Å². The van der Waals surface area contributed by atoms with E-state index in [0.29, 0.717) is 29.4 Å². The molecule has 0 aromatic heterocycles. The minimum Gasteiger partial charge on any atom is -0.362 e. The lowest BCUT2D eigenvalue weighted by atomic mass is 9.48. The molecular weight excluding hydrogens is 444 g/mol. The van der Waals surface area contributed by atoms with Crippen LogP contribution in [-0.2, 0) is 9.59 Å². The second-order valence-corrected chi connectivity index (χ2v) is 12.3. The second-order valence-electron chi connectivity index (χ2n) is 11.9. The first-order valence-electron chi connectivity index (χ1n) is 13.4. The molecule has 0 bridgehead atoms. The Morgan fingerprint density at radius 1 is 1.15 bits per heavy atom. The maximum absolute atomic E-state index is 14.0. The van der Waals surface area contributed by atoms with Crippen molar-refractivity contribution >= 4 is 29.1 Å². The summed E-state index contributed by atoms with van der Waals surface area (Å²) in [6.45, 7) is 9.13. The Kier molecular flexibility index (Phi) is 7.45. The lowest BCUT2D eigenvalue weighted by Crippen LogP contribution is -2.59. The van der Waals surface area contributed by atoms with E-state index in [1.54, 1.807) is 6.08 Å². The SMILES string of the molecule is CCNC(=S)N(CCCN(C)C)C(=O)[C@H]1CC[C@H]2[C@@H]3CC[C@H]4NC(=O)C=C[C@]4(C)[C@H]3CC[C@]12C. The molecule has 1 aliphatic heterocycles. The highest BCUT2D eigenvalue weighted by Gasteiger charge is 2.61. The van der Waals surface area contributed by atoms with E-state index >= 15 is 0 Å². The van der Waals surface area contributed by atoms with E-state index in [9.17, 15) is 9.59 Å². The van der Waals surface area contributed by atoms with Crippen molar-refractivity contribution in [2.24, 2.45) is 34.5 Å². The first-order valence-corrected chi connectivity index (χ1v) is 13.8. The average Bonchev–Trinajstić information content (AvgIpc) is 3.14. The fourth-order valence-corrected chi connectivity index (χ4v) is 8.36. The van der Waals surface area contributed by atoms with Crippen LogP contribution in [0.4, 0.5) is 0 Å². The standard InChI is InChI=1S/C27H44N4O2S/c1-6-28-25(34)31(17-7-16-30(4)5)24(33)21-10-9-19-18-8-11-22-27(3,15-13-23(32)29-22)20(18)12-14-26(19,21)2/h13,15,18-22H,6-12,14,16-17H2,1-5H3,(H,28,34)(H,29,32)/t18-,19-,20-,21+,22+,26-,27+/m0/s1. The third-order valence-corrected chi connectivity index (χ3v) is 10.2. The van der Waals surface area contributed by atoms with Crippen molar-refractivity contribution in [3.63, 3.8) is 0 Å². The molecule has 6 nitrogen and oxygen atoms in total. The van der Waals surface area contributed by atoms with Crippen LogP contribution < -0.4 is 10.6 Å². The number of carbonyl (C=O) groups is 2. The van der Waals surface area contributed by atoms with Crippen LogP contribution in [0, 0.1) is 34.5 Å². The highest BCUT2D eigenvalue weighted by molar-refractivity contribution is 7.80. The smallest absolute Gasteiger partial charge is 0.243 e. The minimum absolute atomic E-state index is 0.0324. The number of nitrogens with one attached hydrogen (secondary N) is 2. The zero-order valence-electron chi connectivity index (χ0n) is 21.7. The van der Waals surface area contributed by atoms with Gasteiger partial charge in [0.05, 0.1) is 0 Å². The predicted molar refractivity (Wildman–Crippen MR) is 140 cm³/mol. The maximum Gasteiger partial charge on any atom is 0.243 e. The van der Waals surface area contributed by atoms with Gasteiger partial charge in [-0.2, -0.15) is 0 Å². The molecule has 190 valence electrons. The summed E-state index contributed by atoms with van der Waals surface area (Å²) in [4.78, 5) is 30.0. The van der Waals surface area contributed by atoms with Crippen molar-refractivity contribution in [3.05, 3.63) is 12.2 Å². The number of nitrogens with zero attached hydrogens (tertiary/aromatic N) is 2. The second kappa shape index (κ2) is 9.88. The van der Waals surface area contributed by atoms with Crippen LogP contribution in [0.2, 0.25) is 0 Å². The molecule has 3 saturated carbocycles. The third-order valence-electron chi connectivity index (χ3n) is 9.81. The van der Waals surface area contributed by atoms with Crippen molar-refractivity contribution in [2.75, 3.05) is 33.7 Å². The molecule has 3 aliphatic carbocycles. The van der Waals surface area contributed by atoms with Crippen molar-refractivity contribution in [1.82, 2.24) is 20.4 Å². The van der Waals surface area contributed by atoms with E-state index in [1.807, 2.05) is 11.8 Å². The molecule has 2 N–H and O–H groups in total. The molecule has 7 heteroatoms. The van der Waals surface area contributed by atoms with E-state index in [1.165, 1.54) is 0 Å². The number of thiocarbonyl (C=S) groups is 1. The summed E-state index contributed by atoms with van der Waals surface area (Å²) in [7, 11) is 4.13. The third kappa shape index (κ3) is 4.43. The Morgan fingerprint density at radius 3 is 2.62 bits per heavy atom. The Balaban J connectivity index is 1.53. The van der Waals surface area contributed by atoms with Crippen LogP contribution >= 0.6 is 12.2 Å². The van der Waals surface area contributed by atoms with Gasteiger partial charge in [-0.3, -0.25) is 14.5 Å². The predicted octanol–water partition coefficient (Wildman–Crippen LogP) is 3.57. The van der Waals surface area contributed by atoms with Gasteiger partial charge in [-0.25, -0.2) is 0 Å². The molecule has 0 saturated heterocycles. The normalized spacial score (nSPS) is 38.5. The zero-order valence-corrected chi connectivity index (χ0v) is 22.5. The number of rotatable bonds is 6. The van der Waals surface area contributed by atoms with E-state index < -0.39 is 0 Å². The quantitative estimate of drug-likeness (QED) is 0.560. The molecule has 2 amide bonds. The number of hydrogen-bond acceptors (Lipinski definition) is 4. The van der Waals surface area contributed by atoms with E-state index in [0.717, 1.165) is 58.0 Å². The zero-order chi connectivity index (χ0) is 24.7. The van der Waals surface area contributed by atoms with Gasteiger partial charge in [-0.1, -0.05) is 19.9 Å². The van der Waals surface area contributed by atoms with E-state index in [-0.39, 0.29) is 34.6 Å². The summed E-state index contributed by atoms with van der Waals surface area (Å²) in [5.41, 5.74) is 0.0653. The molecular formula is C27H44N4O2S. The van der Waals surface area contributed by atoms with E-state index in [2.05, 4.69) is 49.6 Å². The topological polar surface area (TPSA) is 64.7 Å². The van der Waals surface area contributed by atoms with Gasteiger partial charge in [-0.05, 0) is 114 Å². The van der Waals surface area contributed by atoms with E-state index in [4.69, 9.17) is 12.2 Å². The van der Waals surface area contributed by atoms with Crippen LogP contribution in [0.15, 0.2) is 12.2 Å². The molecule has 4 aliphatic rings. The number of hydrogen-bond donors (Lipinski definition) is 2. The molecule has 3 fully saturated rings. The van der Waals surface area contributed by atoms with Gasteiger partial charge in [0.1, 0.15) is 0 Å². The summed E-state index contributed by atoms with van der Waals surface area (Å²) in [5.74, 6) is 2.10. The molecule has 0 spiro atoms. The van der Waals surface area contributed by atoms with Gasteiger partial charge in [0.25, 0.3) is 0 Å². The maximum atomic E-state index is 14.0. The summed E-state index contributed by atoms with van der Waals surface area (Å²) in [5, 5.41) is 7.07. The summed E-state index contributed by atoms with van der Waals surface area (Å²) < 4.78 is 0. The van der Waals surface area contributed by atoms with Crippen LogP contribution in [0.3, 0.4) is 0 Å². The van der Waals surface area contributed by atoms with Gasteiger partial charge < -0.3 is 15.5 Å². The number of amides is 2. The van der Waals surface area contributed by atoms with Crippen molar-refractivity contribution in [1.29, 1.82) is 0 Å². The molecule has 34 heavy (non-hydrogen) atoms. The Morgan fingerprint density at radius 2 is 1.91 bits per heavy atom. The van der Waals surface area contributed by atoms with Crippen molar-refractivity contribution in [2.45, 2.75) is 71.8 Å². The summed E-state index contributed by atoms with van der Waals surface area (Å²) >= 11 is 5.67. The number of carbonyl (C=O) groups excluding carboxylic acids is 2. The Labute approximate surface area is 211 Å². The molecule has 0 aromatic carbocycles. The van der Waals surface area contributed by atoms with Crippen LogP contribution in [0.5, 0.6) is 0 Å². The highest BCUT2D eigenvalue weighted by Crippen LogP contribution is 2.65. The minimum atomic E-state index is 0.0324. The largest absolute Gasteiger partial charge is 0.362 e. The summed E-state index contributed by atoms with van der Waals surface area (Å²) in [6.07, 6.45) is 11.4. The number of fused-ring (bicyclic) bond motifs is 5. The molecule has 7 atom stereocenters. The fraction of sp³-hybridized carbons (Fsp3) is 0.815. The lowest BCUT2D eigenvalue weighted by Gasteiger charge is -2.58. The van der Waals surface area contributed by atoms with Crippen molar-refractivity contribution < 1.29 is 9.59 Å². The van der Waals surface area contributed by atoms with Gasteiger partial charge in [0.15, 0.2) is 5.11 Å². The highest BCUT2D eigenvalue weighted by atomic mass is 32.1. The molecule has 0 unspecified atom stereocenters. The molecule has 1 heterocycles. The van der Waals surface area contributed by atoms with Gasteiger partial charge >= 0.3 is 0 Å². The monoisotopic (exact) mass is 488 g/mol. The Hall–Kier alpha value is -1.47. The summed E-state index contributed by atoms with van der Waals surface area (Å²) in [6, 6.07) is 0.249. The van der Waals surface area contributed by atoms with Crippen LogP contribution in [0.1, 0.15) is 65.7 Å². The molecule has 4 rings (SSSR count). The first-order chi connectivity index (χ1) is 16.1.